The maximum atomic E-state index is 10.0. The van der Waals surface area contributed by atoms with Crippen molar-refractivity contribution in [2.75, 3.05) is 0 Å². The number of pyridine rings is 1. The van der Waals surface area contributed by atoms with Crippen molar-refractivity contribution in [3.63, 3.8) is 0 Å². The number of hydrogen-bond acceptors (Lipinski definition) is 2. The summed E-state index contributed by atoms with van der Waals surface area (Å²) in [5, 5.41) is 11.0. The van der Waals surface area contributed by atoms with Gasteiger partial charge in [0.05, 0.1) is 21.8 Å². The van der Waals surface area contributed by atoms with Crippen molar-refractivity contribution in [3.05, 3.63) is 63.9 Å². The first kappa shape index (κ1) is 12.4. The first-order valence-electron chi connectivity index (χ1n) is 5.20. The van der Waals surface area contributed by atoms with Crippen LogP contribution in [0.5, 0.6) is 0 Å². The van der Waals surface area contributed by atoms with Crippen LogP contribution < -0.4 is 0 Å². The van der Waals surface area contributed by atoms with Crippen LogP contribution in [0.15, 0.2) is 42.6 Å². The van der Waals surface area contributed by atoms with Gasteiger partial charge < -0.3 is 5.11 Å². The normalized spacial score (nSPS) is 12.4. The van der Waals surface area contributed by atoms with E-state index in [1.165, 1.54) is 0 Å². The molecule has 1 atom stereocenters. The molecule has 0 saturated heterocycles. The lowest BCUT2D eigenvalue weighted by molar-refractivity contribution is 0.173. The Balaban J connectivity index is 2.19. The molecule has 88 valence electrons. The Morgan fingerprint density at radius 2 is 1.94 bits per heavy atom. The van der Waals surface area contributed by atoms with E-state index in [9.17, 15) is 5.11 Å². The molecule has 1 unspecified atom stereocenters. The van der Waals surface area contributed by atoms with Crippen LogP contribution in [-0.4, -0.2) is 10.1 Å². The third kappa shape index (κ3) is 2.97. The smallest absolute Gasteiger partial charge is 0.1000 e. The van der Waals surface area contributed by atoms with Crippen molar-refractivity contribution in [3.8, 4) is 0 Å². The van der Waals surface area contributed by atoms with E-state index in [1.54, 1.807) is 18.3 Å². The largest absolute Gasteiger partial charge is 0.386 e. The summed E-state index contributed by atoms with van der Waals surface area (Å²) >= 11 is 12.0. The minimum atomic E-state index is -0.674. The van der Waals surface area contributed by atoms with Gasteiger partial charge in [0.2, 0.25) is 0 Å². The van der Waals surface area contributed by atoms with Crippen molar-refractivity contribution in [1.29, 1.82) is 0 Å². The summed E-state index contributed by atoms with van der Waals surface area (Å²) in [6, 6.07) is 10.8. The first-order chi connectivity index (χ1) is 8.18. The molecule has 0 saturated carbocycles. The molecule has 0 aliphatic carbocycles. The van der Waals surface area contributed by atoms with Gasteiger partial charge in [-0.1, -0.05) is 41.4 Å². The van der Waals surface area contributed by atoms with E-state index < -0.39 is 6.10 Å². The van der Waals surface area contributed by atoms with Crippen molar-refractivity contribution >= 4 is 23.2 Å². The molecule has 0 aliphatic rings. The molecule has 1 heterocycles. The SMILES string of the molecule is OC(Cc1cccc(Cl)c1Cl)c1ccccn1. The Morgan fingerprint density at radius 1 is 1.12 bits per heavy atom. The number of aliphatic hydroxyl groups is 1. The number of aromatic nitrogens is 1. The monoisotopic (exact) mass is 267 g/mol. The van der Waals surface area contributed by atoms with Gasteiger partial charge in [-0.15, -0.1) is 0 Å². The molecule has 1 N–H and O–H groups in total. The van der Waals surface area contributed by atoms with Crippen LogP contribution in [0.3, 0.4) is 0 Å². The molecule has 0 bridgehead atoms. The summed E-state index contributed by atoms with van der Waals surface area (Å²) in [5.41, 5.74) is 1.45. The molecule has 1 aromatic heterocycles. The molecule has 0 fully saturated rings. The lowest BCUT2D eigenvalue weighted by atomic mass is 10.1. The van der Waals surface area contributed by atoms with Crippen LogP contribution in [0.2, 0.25) is 10.0 Å². The van der Waals surface area contributed by atoms with Crippen LogP contribution in [0, 0.1) is 0 Å². The first-order valence-corrected chi connectivity index (χ1v) is 5.96. The van der Waals surface area contributed by atoms with Gasteiger partial charge >= 0.3 is 0 Å². The molecule has 0 aliphatic heterocycles. The number of rotatable bonds is 3. The molecular weight excluding hydrogens is 257 g/mol. The topological polar surface area (TPSA) is 33.1 Å². The van der Waals surface area contributed by atoms with E-state index >= 15 is 0 Å². The Labute approximate surface area is 110 Å². The number of aliphatic hydroxyl groups excluding tert-OH is 1. The molecule has 2 nitrogen and oxygen atoms in total. The number of benzene rings is 1. The fourth-order valence-electron chi connectivity index (χ4n) is 1.59. The van der Waals surface area contributed by atoms with E-state index in [2.05, 4.69) is 4.98 Å². The zero-order valence-electron chi connectivity index (χ0n) is 8.98. The van der Waals surface area contributed by atoms with E-state index in [4.69, 9.17) is 23.2 Å². The Bertz CT molecular complexity index is 502. The fourth-order valence-corrected chi connectivity index (χ4v) is 1.99. The van der Waals surface area contributed by atoms with Crippen LogP contribution in [-0.2, 0) is 6.42 Å². The van der Waals surface area contributed by atoms with Crippen LogP contribution in [0.4, 0.5) is 0 Å². The zero-order valence-corrected chi connectivity index (χ0v) is 10.5. The Hall–Kier alpha value is -1.09. The van der Waals surface area contributed by atoms with Crippen LogP contribution in [0.1, 0.15) is 17.4 Å². The van der Waals surface area contributed by atoms with Gasteiger partial charge in [0.25, 0.3) is 0 Å². The summed E-state index contributed by atoms with van der Waals surface area (Å²) in [5.74, 6) is 0. The predicted molar refractivity (Wildman–Crippen MR) is 69.4 cm³/mol. The predicted octanol–water partition coefficient (Wildman–Crippen LogP) is 3.66. The quantitative estimate of drug-likeness (QED) is 0.921. The van der Waals surface area contributed by atoms with Gasteiger partial charge in [0.1, 0.15) is 0 Å². The molecule has 4 heteroatoms. The summed E-state index contributed by atoms with van der Waals surface area (Å²) < 4.78 is 0. The van der Waals surface area contributed by atoms with Crippen LogP contribution >= 0.6 is 23.2 Å². The molecular formula is C13H11Cl2NO. The van der Waals surface area contributed by atoms with Crippen molar-refractivity contribution in [1.82, 2.24) is 4.98 Å². The Kier molecular flexibility index (Phi) is 4.00. The summed E-state index contributed by atoms with van der Waals surface area (Å²) in [7, 11) is 0. The maximum absolute atomic E-state index is 10.0. The van der Waals surface area contributed by atoms with Gasteiger partial charge in [0, 0.05) is 12.6 Å². The fraction of sp³-hybridized carbons (Fsp3) is 0.154. The second-order valence-electron chi connectivity index (χ2n) is 3.69. The molecule has 2 rings (SSSR count). The highest BCUT2D eigenvalue weighted by Gasteiger charge is 2.12. The second-order valence-corrected chi connectivity index (χ2v) is 4.47. The lowest BCUT2D eigenvalue weighted by Crippen LogP contribution is -2.04. The summed E-state index contributed by atoms with van der Waals surface area (Å²) in [6.07, 6.45) is 1.38. The van der Waals surface area contributed by atoms with E-state index in [1.807, 2.05) is 24.3 Å². The zero-order chi connectivity index (χ0) is 12.3. The lowest BCUT2D eigenvalue weighted by Gasteiger charge is -2.11. The summed E-state index contributed by atoms with van der Waals surface area (Å²) in [6.45, 7) is 0. The summed E-state index contributed by atoms with van der Waals surface area (Å²) in [4.78, 5) is 4.10. The number of hydrogen-bond donors (Lipinski definition) is 1. The highest BCUT2D eigenvalue weighted by Crippen LogP contribution is 2.28. The van der Waals surface area contributed by atoms with Gasteiger partial charge in [-0.25, -0.2) is 0 Å². The van der Waals surface area contributed by atoms with E-state index in [0.717, 1.165) is 5.56 Å². The van der Waals surface area contributed by atoms with Crippen molar-refractivity contribution < 1.29 is 5.11 Å². The number of halogens is 2. The van der Waals surface area contributed by atoms with E-state index in [0.29, 0.717) is 22.2 Å². The minimum absolute atomic E-state index is 0.399. The van der Waals surface area contributed by atoms with Gasteiger partial charge in [-0.2, -0.15) is 0 Å². The molecule has 1 aromatic carbocycles. The Morgan fingerprint density at radius 3 is 2.65 bits per heavy atom. The molecule has 0 amide bonds. The number of nitrogens with zero attached hydrogens (tertiary/aromatic N) is 1. The second kappa shape index (κ2) is 5.50. The standard InChI is InChI=1S/C13H11Cl2NO/c14-10-5-3-4-9(13(10)15)8-12(17)11-6-1-2-7-16-11/h1-7,12,17H,8H2. The molecule has 17 heavy (non-hydrogen) atoms. The highest BCUT2D eigenvalue weighted by atomic mass is 35.5. The third-order valence-electron chi connectivity index (χ3n) is 2.47. The van der Waals surface area contributed by atoms with Gasteiger partial charge in [-0.3, -0.25) is 4.98 Å². The van der Waals surface area contributed by atoms with Crippen molar-refractivity contribution in [2.24, 2.45) is 0 Å². The average molecular weight is 268 g/mol. The third-order valence-corrected chi connectivity index (χ3v) is 3.33. The average Bonchev–Trinajstić information content (AvgIpc) is 2.36. The molecule has 0 spiro atoms. The molecule has 2 aromatic rings. The van der Waals surface area contributed by atoms with Gasteiger partial charge in [0.15, 0.2) is 0 Å². The molecule has 0 radical (unpaired) electrons. The maximum Gasteiger partial charge on any atom is 0.1000 e. The van der Waals surface area contributed by atoms with Gasteiger partial charge in [-0.05, 0) is 23.8 Å². The minimum Gasteiger partial charge on any atom is -0.386 e. The highest BCUT2D eigenvalue weighted by molar-refractivity contribution is 6.42. The van der Waals surface area contributed by atoms with Crippen molar-refractivity contribution in [2.45, 2.75) is 12.5 Å². The van der Waals surface area contributed by atoms with E-state index in [-0.39, 0.29) is 0 Å². The van der Waals surface area contributed by atoms with Crippen LogP contribution in [0.25, 0.3) is 0 Å².